The molecule has 0 saturated carbocycles. The lowest BCUT2D eigenvalue weighted by Crippen LogP contribution is -2.03. The molecule has 18 heavy (non-hydrogen) atoms. The first-order chi connectivity index (χ1) is 8.47. The van der Waals surface area contributed by atoms with Gasteiger partial charge in [0.1, 0.15) is 5.82 Å². The molecular weight excluding hydrogens is 265 g/mol. The molecular formula is C10H10FNO5S. The average Bonchev–Trinajstić information content (AvgIpc) is 2.30. The minimum atomic E-state index is -1.48. The van der Waals surface area contributed by atoms with E-state index in [0.29, 0.717) is 18.2 Å². The maximum atomic E-state index is 13.3. The summed E-state index contributed by atoms with van der Waals surface area (Å²) in [5.41, 5.74) is -1.08. The Labute approximate surface area is 106 Å². The van der Waals surface area contributed by atoms with E-state index in [9.17, 15) is 19.3 Å². The van der Waals surface area contributed by atoms with Crippen LogP contribution in [0.3, 0.4) is 0 Å². The van der Waals surface area contributed by atoms with E-state index >= 15 is 0 Å². The molecule has 0 unspecified atom stereocenters. The zero-order chi connectivity index (χ0) is 13.7. The molecule has 0 saturated heterocycles. The number of nitro groups is 1. The van der Waals surface area contributed by atoms with E-state index in [4.69, 9.17) is 10.2 Å². The number of aliphatic hydroxyl groups excluding tert-OH is 1. The summed E-state index contributed by atoms with van der Waals surface area (Å²) in [6.45, 7) is -0.0756. The maximum Gasteiger partial charge on any atom is 0.338 e. The van der Waals surface area contributed by atoms with Crippen molar-refractivity contribution < 1.29 is 24.3 Å². The van der Waals surface area contributed by atoms with Crippen molar-refractivity contribution in [3.63, 3.8) is 0 Å². The number of aromatic carboxylic acids is 1. The van der Waals surface area contributed by atoms with Crippen molar-refractivity contribution in [3.05, 3.63) is 33.6 Å². The molecule has 0 spiro atoms. The lowest BCUT2D eigenvalue weighted by Gasteiger charge is -2.05. The smallest absolute Gasteiger partial charge is 0.338 e. The molecule has 0 fully saturated rings. The van der Waals surface area contributed by atoms with E-state index in [1.807, 2.05) is 0 Å². The van der Waals surface area contributed by atoms with Crippen molar-refractivity contribution in [3.8, 4) is 0 Å². The van der Waals surface area contributed by atoms with Crippen LogP contribution in [0.25, 0.3) is 0 Å². The molecule has 0 amide bonds. The fraction of sp³-hybridized carbons (Fsp3) is 0.300. The Kier molecular flexibility index (Phi) is 5.05. The van der Waals surface area contributed by atoms with E-state index in [1.54, 1.807) is 0 Å². The van der Waals surface area contributed by atoms with Crippen molar-refractivity contribution >= 4 is 23.4 Å². The third-order valence-electron chi connectivity index (χ3n) is 2.04. The third kappa shape index (κ3) is 3.41. The molecule has 0 atom stereocenters. The maximum absolute atomic E-state index is 13.3. The second kappa shape index (κ2) is 6.31. The Hall–Kier alpha value is -1.67. The summed E-state index contributed by atoms with van der Waals surface area (Å²) in [6.07, 6.45) is 0.404. The number of carbonyl (C=O) groups is 1. The number of rotatable bonds is 6. The molecule has 0 aliphatic carbocycles. The van der Waals surface area contributed by atoms with Crippen LogP contribution in [-0.4, -0.2) is 33.5 Å². The van der Waals surface area contributed by atoms with Crippen LogP contribution in [0.2, 0.25) is 0 Å². The molecule has 0 aromatic heterocycles. The van der Waals surface area contributed by atoms with Crippen LogP contribution >= 0.6 is 11.8 Å². The van der Waals surface area contributed by atoms with Gasteiger partial charge >= 0.3 is 5.97 Å². The number of nitrogens with zero attached hydrogens (tertiary/aromatic N) is 1. The molecule has 6 nitrogen and oxygen atoms in total. The normalized spacial score (nSPS) is 10.3. The van der Waals surface area contributed by atoms with E-state index in [2.05, 4.69) is 0 Å². The lowest BCUT2D eigenvalue weighted by atomic mass is 10.2. The van der Waals surface area contributed by atoms with Gasteiger partial charge in [0.05, 0.1) is 21.4 Å². The number of thioether (sulfide) groups is 1. The van der Waals surface area contributed by atoms with Gasteiger partial charge in [0, 0.05) is 12.4 Å². The summed E-state index contributed by atoms with van der Waals surface area (Å²) in [5, 5.41) is 28.1. The second-order valence-electron chi connectivity index (χ2n) is 3.29. The van der Waals surface area contributed by atoms with E-state index < -0.39 is 28.0 Å². The van der Waals surface area contributed by atoms with Gasteiger partial charge in [-0.25, -0.2) is 9.18 Å². The van der Waals surface area contributed by atoms with Gasteiger partial charge in [-0.1, -0.05) is 0 Å². The Balaban J connectivity index is 3.14. The predicted molar refractivity (Wildman–Crippen MR) is 62.4 cm³/mol. The molecule has 98 valence electrons. The minimum absolute atomic E-state index is 0.0756. The van der Waals surface area contributed by atoms with Crippen LogP contribution in [0.4, 0.5) is 10.1 Å². The number of nitro benzene ring substituents is 1. The highest BCUT2D eigenvalue weighted by atomic mass is 32.2. The first-order valence-corrected chi connectivity index (χ1v) is 5.90. The largest absolute Gasteiger partial charge is 0.478 e. The molecule has 1 aromatic rings. The van der Waals surface area contributed by atoms with Crippen LogP contribution in [0.1, 0.15) is 16.8 Å². The zero-order valence-corrected chi connectivity index (χ0v) is 9.95. The summed E-state index contributed by atoms with van der Waals surface area (Å²) >= 11 is 1.01. The van der Waals surface area contributed by atoms with Crippen molar-refractivity contribution in [2.24, 2.45) is 0 Å². The Morgan fingerprint density at radius 2 is 2.17 bits per heavy atom. The third-order valence-corrected chi connectivity index (χ3v) is 3.17. The van der Waals surface area contributed by atoms with Crippen molar-refractivity contribution in [1.82, 2.24) is 0 Å². The molecule has 0 heterocycles. The number of hydrogen-bond donors (Lipinski definition) is 2. The quantitative estimate of drug-likeness (QED) is 0.356. The Bertz CT molecular complexity index is 480. The molecule has 1 rings (SSSR count). The van der Waals surface area contributed by atoms with Gasteiger partial charge in [0.2, 0.25) is 0 Å². The summed E-state index contributed by atoms with van der Waals surface area (Å²) in [5.74, 6) is -2.24. The van der Waals surface area contributed by atoms with Crippen LogP contribution in [0.5, 0.6) is 0 Å². The Morgan fingerprint density at radius 3 is 2.67 bits per heavy atom. The monoisotopic (exact) mass is 275 g/mol. The molecule has 8 heteroatoms. The molecule has 2 N–H and O–H groups in total. The SMILES string of the molecule is O=C(O)c1cc(SCCCO)c([N+](=O)[O-])cc1F. The fourth-order valence-corrected chi connectivity index (χ4v) is 2.19. The topological polar surface area (TPSA) is 101 Å². The standard InChI is InChI=1S/C10H10FNO5S/c11-7-5-8(12(16)17)9(18-3-1-2-13)4-6(7)10(14)15/h4-5,13H,1-3H2,(H,14,15). The number of carboxylic acid groups (broad SMARTS) is 1. The minimum Gasteiger partial charge on any atom is -0.478 e. The molecule has 0 aliphatic heterocycles. The van der Waals surface area contributed by atoms with Crippen LogP contribution < -0.4 is 0 Å². The highest BCUT2D eigenvalue weighted by Gasteiger charge is 2.21. The number of halogens is 1. The second-order valence-corrected chi connectivity index (χ2v) is 4.42. The van der Waals surface area contributed by atoms with E-state index in [1.165, 1.54) is 0 Å². The van der Waals surface area contributed by atoms with Crippen LogP contribution in [0, 0.1) is 15.9 Å². The van der Waals surface area contributed by atoms with Crippen LogP contribution in [-0.2, 0) is 0 Å². The van der Waals surface area contributed by atoms with Crippen molar-refractivity contribution in [1.29, 1.82) is 0 Å². The van der Waals surface area contributed by atoms with Gasteiger partial charge in [-0.15, -0.1) is 11.8 Å². The summed E-state index contributed by atoms with van der Waals surface area (Å²) < 4.78 is 13.3. The van der Waals surface area contributed by atoms with Gasteiger partial charge in [0.25, 0.3) is 5.69 Å². The van der Waals surface area contributed by atoms with Gasteiger partial charge in [-0.2, -0.15) is 0 Å². The van der Waals surface area contributed by atoms with Crippen molar-refractivity contribution in [2.75, 3.05) is 12.4 Å². The van der Waals surface area contributed by atoms with Crippen molar-refractivity contribution in [2.45, 2.75) is 11.3 Å². The van der Waals surface area contributed by atoms with Gasteiger partial charge in [-0.05, 0) is 12.5 Å². The summed E-state index contributed by atoms with van der Waals surface area (Å²) in [7, 11) is 0. The zero-order valence-electron chi connectivity index (χ0n) is 9.13. The predicted octanol–water partition coefficient (Wildman–Crippen LogP) is 1.91. The van der Waals surface area contributed by atoms with Gasteiger partial charge in [0.15, 0.2) is 0 Å². The van der Waals surface area contributed by atoms with E-state index in [-0.39, 0.29) is 11.5 Å². The highest BCUT2D eigenvalue weighted by molar-refractivity contribution is 7.99. The summed E-state index contributed by atoms with van der Waals surface area (Å²) in [6, 6.07) is 1.54. The van der Waals surface area contributed by atoms with Crippen LogP contribution in [0.15, 0.2) is 17.0 Å². The number of aliphatic hydroxyl groups is 1. The first kappa shape index (κ1) is 14.4. The van der Waals surface area contributed by atoms with Gasteiger partial charge in [-0.3, -0.25) is 10.1 Å². The molecule has 0 bridgehead atoms. The number of carboxylic acids is 1. The molecule has 1 aromatic carbocycles. The number of hydrogen-bond acceptors (Lipinski definition) is 5. The highest BCUT2D eigenvalue weighted by Crippen LogP contribution is 2.32. The fourth-order valence-electron chi connectivity index (χ4n) is 1.21. The van der Waals surface area contributed by atoms with E-state index in [0.717, 1.165) is 17.8 Å². The average molecular weight is 275 g/mol. The van der Waals surface area contributed by atoms with Gasteiger partial charge < -0.3 is 10.2 Å². The lowest BCUT2D eigenvalue weighted by molar-refractivity contribution is -0.387. The summed E-state index contributed by atoms with van der Waals surface area (Å²) in [4.78, 5) is 20.8. The molecule has 0 aliphatic rings. The number of benzene rings is 1. The molecule has 0 radical (unpaired) electrons. The first-order valence-electron chi connectivity index (χ1n) is 4.92. The Morgan fingerprint density at radius 1 is 1.50 bits per heavy atom.